The highest BCUT2D eigenvalue weighted by Crippen LogP contribution is 2.40. The van der Waals surface area contributed by atoms with E-state index in [0.29, 0.717) is 28.5 Å². The number of halogens is 2. The second-order valence-corrected chi connectivity index (χ2v) is 11.3. The predicted octanol–water partition coefficient (Wildman–Crippen LogP) is 2.28. The molecule has 0 aliphatic carbocycles. The highest BCUT2D eigenvalue weighted by molar-refractivity contribution is 7.89. The van der Waals surface area contributed by atoms with Gasteiger partial charge in [-0.1, -0.05) is 17.7 Å². The molecule has 2 aliphatic heterocycles. The first kappa shape index (κ1) is 26.2. The van der Waals surface area contributed by atoms with E-state index in [0.717, 1.165) is 13.2 Å². The minimum absolute atomic E-state index is 0.0111. The second-order valence-electron chi connectivity index (χ2n) is 8.00. The Morgan fingerprint density at radius 2 is 2.08 bits per heavy atom. The first-order valence-corrected chi connectivity index (χ1v) is 13.6. The summed E-state index contributed by atoms with van der Waals surface area (Å²) in [5.74, 6) is -3.00. The number of aromatic nitrogens is 1. The maximum atomic E-state index is 13.8. The largest absolute Gasteiger partial charge is 0.468 e. The molecule has 2 unspecified atom stereocenters. The number of hydrogen-bond acceptors (Lipinski definition) is 10. The number of thiazole rings is 1. The average molecular weight is 557 g/mol. The Labute approximate surface area is 215 Å². The van der Waals surface area contributed by atoms with E-state index in [1.165, 1.54) is 34.9 Å². The van der Waals surface area contributed by atoms with Crippen molar-refractivity contribution in [2.45, 2.75) is 12.5 Å². The number of esters is 2. The lowest BCUT2D eigenvalue weighted by Crippen LogP contribution is -2.39. The van der Waals surface area contributed by atoms with E-state index in [2.05, 4.69) is 20.0 Å². The zero-order valence-electron chi connectivity index (χ0n) is 19.2. The third-order valence-corrected chi connectivity index (χ3v) is 8.68. The summed E-state index contributed by atoms with van der Waals surface area (Å²) in [4.78, 5) is 33.6. The second kappa shape index (κ2) is 10.6. The van der Waals surface area contributed by atoms with E-state index < -0.39 is 45.5 Å². The van der Waals surface area contributed by atoms with Gasteiger partial charge in [-0.15, -0.1) is 11.3 Å². The van der Waals surface area contributed by atoms with Crippen LogP contribution in [0.2, 0.25) is 5.02 Å². The smallest absolute Gasteiger partial charge is 0.338 e. The van der Waals surface area contributed by atoms with Crippen LogP contribution in [0.3, 0.4) is 0 Å². The molecule has 192 valence electrons. The number of amidine groups is 1. The van der Waals surface area contributed by atoms with Gasteiger partial charge in [0.1, 0.15) is 11.9 Å². The minimum atomic E-state index is -3.93. The summed E-state index contributed by atoms with van der Waals surface area (Å²) in [7, 11) is -1.60. The summed E-state index contributed by atoms with van der Waals surface area (Å²) in [5.41, 5.74) is 0.909. The van der Waals surface area contributed by atoms with Crippen molar-refractivity contribution in [2.24, 2.45) is 10.9 Å². The van der Waals surface area contributed by atoms with E-state index in [-0.39, 0.29) is 23.7 Å². The summed E-state index contributed by atoms with van der Waals surface area (Å²) in [5, 5.41) is 5.53. The Morgan fingerprint density at radius 3 is 2.72 bits per heavy atom. The molecule has 3 heterocycles. The molecule has 0 radical (unpaired) electrons. The van der Waals surface area contributed by atoms with E-state index in [1.807, 2.05) is 0 Å². The SMILES string of the molecule is COC(=O)CS(=O)(=O)N1CCC(C2=C(C(=O)OC)C(c3ccc(F)cc3Cl)N=C(c3nccs3)N2)C1. The summed E-state index contributed by atoms with van der Waals surface area (Å²) in [6.45, 7) is 0.145. The Balaban J connectivity index is 1.79. The van der Waals surface area contributed by atoms with Gasteiger partial charge >= 0.3 is 11.9 Å². The zero-order chi connectivity index (χ0) is 26.0. The van der Waals surface area contributed by atoms with Crippen molar-refractivity contribution in [3.63, 3.8) is 0 Å². The van der Waals surface area contributed by atoms with Crippen molar-refractivity contribution in [1.29, 1.82) is 0 Å². The molecule has 2 aromatic rings. The number of aliphatic imine (C=N–C) groups is 1. The number of carbonyl (C=O) groups excluding carboxylic acids is 2. The van der Waals surface area contributed by atoms with Crippen LogP contribution in [0.4, 0.5) is 4.39 Å². The van der Waals surface area contributed by atoms with Gasteiger partial charge in [-0.2, -0.15) is 0 Å². The van der Waals surface area contributed by atoms with Gasteiger partial charge in [-0.05, 0) is 18.6 Å². The molecule has 10 nitrogen and oxygen atoms in total. The third kappa shape index (κ3) is 5.28. The third-order valence-electron chi connectivity index (χ3n) is 5.85. The molecular weight excluding hydrogens is 535 g/mol. The molecule has 14 heteroatoms. The molecule has 1 fully saturated rings. The summed E-state index contributed by atoms with van der Waals surface area (Å²) in [6.07, 6.45) is 1.96. The number of nitrogens with one attached hydrogen (secondary N) is 1. The standard InChI is InChI=1S/C22H22ClFN4O6S2/c1-33-16(29)11-36(31,32)28-7-5-12(10-28)18-17(22(30)34-2)19(14-4-3-13(24)9-15(14)23)27-20(26-18)21-25-6-8-35-21/h3-4,6,8-9,12,19H,5,7,10-11H2,1-2H3,(H,26,27). The fraction of sp³-hybridized carbons (Fsp3) is 0.364. The number of methoxy groups -OCH3 is 2. The van der Waals surface area contributed by atoms with Crippen LogP contribution < -0.4 is 5.32 Å². The van der Waals surface area contributed by atoms with Gasteiger partial charge in [0, 0.05) is 46.9 Å². The maximum Gasteiger partial charge on any atom is 0.338 e. The molecule has 0 saturated carbocycles. The van der Waals surface area contributed by atoms with Crippen molar-refractivity contribution in [2.75, 3.05) is 33.1 Å². The quantitative estimate of drug-likeness (QED) is 0.515. The minimum Gasteiger partial charge on any atom is -0.468 e. The molecule has 1 N–H and O–H groups in total. The van der Waals surface area contributed by atoms with Gasteiger partial charge in [0.05, 0.1) is 19.8 Å². The van der Waals surface area contributed by atoms with Crippen molar-refractivity contribution < 1.29 is 31.9 Å². The van der Waals surface area contributed by atoms with Gasteiger partial charge in [0.2, 0.25) is 10.0 Å². The van der Waals surface area contributed by atoms with Gasteiger partial charge in [0.25, 0.3) is 0 Å². The average Bonchev–Trinajstić information content (AvgIpc) is 3.55. The Kier molecular flexibility index (Phi) is 7.73. The first-order valence-electron chi connectivity index (χ1n) is 10.7. The molecule has 2 aliphatic rings. The van der Waals surface area contributed by atoms with Gasteiger partial charge in [-0.25, -0.2) is 26.9 Å². The van der Waals surface area contributed by atoms with Gasteiger partial charge in [-0.3, -0.25) is 9.79 Å². The zero-order valence-corrected chi connectivity index (χ0v) is 21.6. The molecule has 36 heavy (non-hydrogen) atoms. The van der Waals surface area contributed by atoms with Crippen molar-refractivity contribution in [1.82, 2.24) is 14.6 Å². The van der Waals surface area contributed by atoms with Crippen LogP contribution in [-0.2, 0) is 29.1 Å². The number of benzene rings is 1. The highest BCUT2D eigenvalue weighted by atomic mass is 35.5. The van der Waals surface area contributed by atoms with Crippen LogP contribution in [0.1, 0.15) is 23.0 Å². The first-order chi connectivity index (χ1) is 17.1. The van der Waals surface area contributed by atoms with Crippen LogP contribution in [0, 0.1) is 11.7 Å². The fourth-order valence-corrected chi connectivity index (χ4v) is 6.38. The van der Waals surface area contributed by atoms with Crippen molar-refractivity contribution in [3.8, 4) is 0 Å². The van der Waals surface area contributed by atoms with Gasteiger partial charge < -0.3 is 14.8 Å². The number of carbonyl (C=O) groups is 2. The molecule has 4 rings (SSSR count). The molecule has 1 aromatic heterocycles. The molecular formula is C22H22ClFN4O6S2. The van der Waals surface area contributed by atoms with E-state index in [9.17, 15) is 22.4 Å². The maximum absolute atomic E-state index is 13.8. The molecule has 0 amide bonds. The lowest BCUT2D eigenvalue weighted by Gasteiger charge is -2.30. The van der Waals surface area contributed by atoms with E-state index in [1.54, 1.807) is 11.6 Å². The van der Waals surface area contributed by atoms with Crippen LogP contribution in [-0.4, -0.2) is 68.5 Å². The monoisotopic (exact) mass is 556 g/mol. The highest BCUT2D eigenvalue weighted by Gasteiger charge is 2.41. The van der Waals surface area contributed by atoms with Crippen molar-refractivity contribution >= 4 is 50.7 Å². The van der Waals surface area contributed by atoms with Crippen molar-refractivity contribution in [3.05, 3.63) is 62.5 Å². The lowest BCUT2D eigenvalue weighted by molar-refractivity contribution is -0.138. The molecule has 2 atom stereocenters. The molecule has 1 aromatic carbocycles. The Morgan fingerprint density at radius 1 is 1.31 bits per heavy atom. The molecule has 0 spiro atoms. The summed E-state index contributed by atoms with van der Waals surface area (Å²) in [6, 6.07) is 2.83. The molecule has 1 saturated heterocycles. The van der Waals surface area contributed by atoms with E-state index >= 15 is 0 Å². The number of sulfonamides is 1. The normalized spacial score (nSPS) is 20.6. The van der Waals surface area contributed by atoms with Crippen LogP contribution in [0.15, 0.2) is 46.0 Å². The summed E-state index contributed by atoms with van der Waals surface area (Å²) >= 11 is 7.67. The number of rotatable bonds is 7. The predicted molar refractivity (Wildman–Crippen MR) is 130 cm³/mol. The van der Waals surface area contributed by atoms with Crippen LogP contribution in [0.25, 0.3) is 0 Å². The fourth-order valence-electron chi connectivity index (χ4n) is 4.13. The van der Waals surface area contributed by atoms with Crippen LogP contribution in [0.5, 0.6) is 0 Å². The number of nitrogens with zero attached hydrogens (tertiary/aromatic N) is 3. The Hall–Kier alpha value is -2.87. The summed E-state index contributed by atoms with van der Waals surface area (Å²) < 4.78 is 50.0. The molecule has 0 bridgehead atoms. The number of hydrogen-bond donors (Lipinski definition) is 1. The van der Waals surface area contributed by atoms with Crippen LogP contribution >= 0.6 is 22.9 Å². The Bertz CT molecular complexity index is 1350. The lowest BCUT2D eigenvalue weighted by atomic mass is 9.90. The number of ether oxygens (including phenoxy) is 2. The van der Waals surface area contributed by atoms with E-state index in [4.69, 9.17) is 16.3 Å². The topological polar surface area (TPSA) is 127 Å². The van der Waals surface area contributed by atoms with Gasteiger partial charge in [0.15, 0.2) is 16.6 Å².